The van der Waals surface area contributed by atoms with Crippen molar-refractivity contribution in [2.24, 2.45) is 5.73 Å². The van der Waals surface area contributed by atoms with Crippen molar-refractivity contribution in [3.63, 3.8) is 0 Å². The molecule has 3 rings (SSSR count). The minimum absolute atomic E-state index is 0.00768. The molecule has 144 valence electrons. The Balaban J connectivity index is 1.60. The van der Waals surface area contributed by atoms with E-state index in [1.54, 1.807) is 24.3 Å². The zero-order valence-corrected chi connectivity index (χ0v) is 16.0. The van der Waals surface area contributed by atoms with Gasteiger partial charge in [-0.25, -0.2) is 0 Å². The van der Waals surface area contributed by atoms with Gasteiger partial charge in [0.15, 0.2) is 0 Å². The number of hydrogen-bond donors (Lipinski definition) is 2. The highest BCUT2D eigenvalue weighted by atomic mass is 16.1. The quantitative estimate of drug-likeness (QED) is 0.641. The lowest BCUT2D eigenvalue weighted by atomic mass is 9.88. The summed E-state index contributed by atoms with van der Waals surface area (Å²) in [6, 6.07) is 26.8. The van der Waals surface area contributed by atoms with E-state index in [-0.39, 0.29) is 18.4 Å². The largest absolute Gasteiger partial charge is 0.366 e. The standard InChI is InChI=1S/C25H22N2O2/c26-25(29)22-15-13-19(14-16-22)8-7-17-27-24(28)18-23(20-9-3-1-4-10-20)21-11-5-2-6-12-21/h1-6,9-16,23H,17-18H2,(H2,26,29)(H,27,28). The Kier molecular flexibility index (Phi) is 6.80. The second-order valence-electron chi connectivity index (χ2n) is 6.60. The molecule has 0 saturated carbocycles. The summed E-state index contributed by atoms with van der Waals surface area (Å²) in [5.74, 6) is 5.37. The topological polar surface area (TPSA) is 72.2 Å². The highest BCUT2D eigenvalue weighted by Gasteiger charge is 2.17. The predicted octanol–water partition coefficient (Wildman–Crippen LogP) is 3.48. The summed E-state index contributed by atoms with van der Waals surface area (Å²) in [5.41, 5.74) is 8.63. The molecule has 0 aliphatic carbocycles. The van der Waals surface area contributed by atoms with Crippen LogP contribution >= 0.6 is 0 Å². The van der Waals surface area contributed by atoms with E-state index >= 15 is 0 Å². The molecular formula is C25H22N2O2. The molecule has 0 radical (unpaired) electrons. The Bertz CT molecular complexity index is 978. The van der Waals surface area contributed by atoms with Crippen LogP contribution in [0.5, 0.6) is 0 Å². The summed E-state index contributed by atoms with van der Waals surface area (Å²) in [7, 11) is 0. The van der Waals surface area contributed by atoms with E-state index in [9.17, 15) is 9.59 Å². The van der Waals surface area contributed by atoms with E-state index in [4.69, 9.17) is 5.73 Å². The van der Waals surface area contributed by atoms with Crippen molar-refractivity contribution in [3.8, 4) is 11.8 Å². The van der Waals surface area contributed by atoms with Crippen LogP contribution in [0.1, 0.15) is 39.4 Å². The van der Waals surface area contributed by atoms with Gasteiger partial charge in [-0.2, -0.15) is 0 Å². The smallest absolute Gasteiger partial charge is 0.248 e. The van der Waals surface area contributed by atoms with Crippen LogP contribution in [-0.2, 0) is 4.79 Å². The summed E-state index contributed by atoms with van der Waals surface area (Å²) in [5, 5.41) is 2.87. The molecule has 0 unspecified atom stereocenters. The molecule has 29 heavy (non-hydrogen) atoms. The zero-order chi connectivity index (χ0) is 20.5. The van der Waals surface area contributed by atoms with Crippen molar-refractivity contribution in [2.75, 3.05) is 6.54 Å². The van der Waals surface area contributed by atoms with E-state index in [0.717, 1.165) is 16.7 Å². The van der Waals surface area contributed by atoms with E-state index in [1.165, 1.54) is 0 Å². The van der Waals surface area contributed by atoms with Crippen molar-refractivity contribution in [3.05, 3.63) is 107 Å². The third-order valence-electron chi connectivity index (χ3n) is 4.57. The van der Waals surface area contributed by atoms with Gasteiger partial charge in [-0.3, -0.25) is 9.59 Å². The summed E-state index contributed by atoms with van der Waals surface area (Å²) < 4.78 is 0. The molecular weight excluding hydrogens is 360 g/mol. The average Bonchev–Trinajstić information content (AvgIpc) is 2.76. The SMILES string of the molecule is NC(=O)c1ccc(C#CCNC(=O)CC(c2ccccc2)c2ccccc2)cc1. The van der Waals surface area contributed by atoms with Crippen LogP contribution in [0.25, 0.3) is 0 Å². The van der Waals surface area contributed by atoms with Crippen molar-refractivity contribution < 1.29 is 9.59 Å². The van der Waals surface area contributed by atoms with Crippen LogP contribution in [0, 0.1) is 11.8 Å². The van der Waals surface area contributed by atoms with Crippen molar-refractivity contribution in [1.82, 2.24) is 5.32 Å². The van der Waals surface area contributed by atoms with Gasteiger partial charge < -0.3 is 11.1 Å². The van der Waals surface area contributed by atoms with E-state index in [2.05, 4.69) is 17.2 Å². The van der Waals surface area contributed by atoms with Gasteiger partial charge in [0, 0.05) is 23.5 Å². The predicted molar refractivity (Wildman–Crippen MR) is 114 cm³/mol. The summed E-state index contributed by atoms with van der Waals surface area (Å²) in [6.07, 6.45) is 0.350. The molecule has 4 nitrogen and oxygen atoms in total. The lowest BCUT2D eigenvalue weighted by Crippen LogP contribution is -2.25. The second kappa shape index (κ2) is 9.91. The molecule has 2 amide bonds. The molecule has 3 aromatic carbocycles. The molecule has 0 aliphatic rings. The normalized spacial score (nSPS) is 10.1. The molecule has 0 atom stereocenters. The van der Waals surface area contributed by atoms with Crippen LogP contribution in [0.2, 0.25) is 0 Å². The van der Waals surface area contributed by atoms with Gasteiger partial charge in [-0.1, -0.05) is 72.5 Å². The molecule has 0 heterocycles. The highest BCUT2D eigenvalue weighted by Crippen LogP contribution is 2.27. The van der Waals surface area contributed by atoms with Gasteiger partial charge in [0.25, 0.3) is 0 Å². The maximum atomic E-state index is 12.5. The number of amides is 2. The molecule has 4 heteroatoms. The molecule has 0 aliphatic heterocycles. The molecule has 0 aromatic heterocycles. The maximum absolute atomic E-state index is 12.5. The Morgan fingerprint density at radius 1 is 0.828 bits per heavy atom. The third-order valence-corrected chi connectivity index (χ3v) is 4.57. The van der Waals surface area contributed by atoms with Gasteiger partial charge in [0.2, 0.25) is 11.8 Å². The summed E-state index contributed by atoms with van der Waals surface area (Å²) in [6.45, 7) is 0.257. The monoisotopic (exact) mass is 382 g/mol. The first-order chi connectivity index (χ1) is 14.1. The number of primary amides is 1. The molecule has 0 fully saturated rings. The van der Waals surface area contributed by atoms with Crippen molar-refractivity contribution in [1.29, 1.82) is 0 Å². The Labute approximate surface area is 170 Å². The van der Waals surface area contributed by atoms with E-state index in [0.29, 0.717) is 12.0 Å². The van der Waals surface area contributed by atoms with E-state index in [1.807, 2.05) is 60.7 Å². The first-order valence-corrected chi connectivity index (χ1v) is 9.39. The third kappa shape index (κ3) is 5.82. The number of benzene rings is 3. The number of hydrogen-bond acceptors (Lipinski definition) is 2. The molecule has 0 bridgehead atoms. The number of nitrogens with two attached hydrogens (primary N) is 1. The molecule has 3 aromatic rings. The lowest BCUT2D eigenvalue weighted by Gasteiger charge is -2.17. The van der Waals surface area contributed by atoms with Gasteiger partial charge in [0.1, 0.15) is 0 Å². The zero-order valence-electron chi connectivity index (χ0n) is 16.0. The van der Waals surface area contributed by atoms with Crippen LogP contribution in [0.4, 0.5) is 0 Å². The second-order valence-corrected chi connectivity index (χ2v) is 6.60. The van der Waals surface area contributed by atoms with Gasteiger partial charge in [0.05, 0.1) is 6.54 Å². The Hall–Kier alpha value is -3.84. The Morgan fingerprint density at radius 2 is 1.38 bits per heavy atom. The van der Waals surface area contributed by atoms with Gasteiger partial charge >= 0.3 is 0 Å². The fraction of sp³-hybridized carbons (Fsp3) is 0.120. The van der Waals surface area contributed by atoms with Gasteiger partial charge in [-0.05, 0) is 35.4 Å². The van der Waals surface area contributed by atoms with Crippen LogP contribution < -0.4 is 11.1 Å². The number of rotatable bonds is 6. The summed E-state index contributed by atoms with van der Waals surface area (Å²) in [4.78, 5) is 23.6. The number of carbonyl (C=O) groups excluding carboxylic acids is 2. The molecule has 0 saturated heterocycles. The minimum atomic E-state index is -0.469. The molecule has 0 spiro atoms. The summed E-state index contributed by atoms with van der Waals surface area (Å²) >= 11 is 0. The fourth-order valence-electron chi connectivity index (χ4n) is 3.06. The van der Waals surface area contributed by atoms with Gasteiger partial charge in [-0.15, -0.1) is 0 Å². The van der Waals surface area contributed by atoms with Crippen molar-refractivity contribution >= 4 is 11.8 Å². The van der Waals surface area contributed by atoms with Crippen LogP contribution in [0.3, 0.4) is 0 Å². The highest BCUT2D eigenvalue weighted by molar-refractivity contribution is 5.92. The van der Waals surface area contributed by atoms with Crippen LogP contribution in [0.15, 0.2) is 84.9 Å². The average molecular weight is 382 g/mol. The first kappa shape index (κ1) is 19.9. The van der Waals surface area contributed by atoms with Crippen molar-refractivity contribution in [2.45, 2.75) is 12.3 Å². The fourth-order valence-corrected chi connectivity index (χ4v) is 3.06. The van der Waals surface area contributed by atoms with Crippen LogP contribution in [-0.4, -0.2) is 18.4 Å². The number of nitrogens with one attached hydrogen (secondary N) is 1. The first-order valence-electron chi connectivity index (χ1n) is 9.39. The molecule has 3 N–H and O–H groups in total. The minimum Gasteiger partial charge on any atom is -0.366 e. The Morgan fingerprint density at radius 3 is 1.90 bits per heavy atom. The maximum Gasteiger partial charge on any atom is 0.248 e. The number of carbonyl (C=O) groups is 2. The van der Waals surface area contributed by atoms with E-state index < -0.39 is 5.91 Å². The lowest BCUT2D eigenvalue weighted by molar-refractivity contribution is -0.121.